The smallest absolute Gasteiger partial charge is 0.302 e. The van der Waals surface area contributed by atoms with Crippen LogP contribution >= 0.6 is 12.2 Å². The molecule has 1 aliphatic heterocycles. The second kappa shape index (κ2) is 11.6. The zero-order chi connectivity index (χ0) is 25.5. The van der Waals surface area contributed by atoms with E-state index in [2.05, 4.69) is 5.32 Å². The molecule has 0 spiro atoms. The SMILES string of the molecule is CC(=O)OCCOC(=S)C1=C(C)NC(C)=C([N+](=O)[O-])C1c1ccccc1OCc1ccc(C)cc1. The van der Waals surface area contributed by atoms with E-state index in [0.29, 0.717) is 34.9 Å². The summed E-state index contributed by atoms with van der Waals surface area (Å²) in [6.45, 7) is 7.12. The van der Waals surface area contributed by atoms with Crippen LogP contribution in [0.25, 0.3) is 0 Å². The van der Waals surface area contributed by atoms with Crippen molar-refractivity contribution in [2.75, 3.05) is 13.2 Å². The van der Waals surface area contributed by atoms with Crippen molar-refractivity contribution in [1.29, 1.82) is 0 Å². The van der Waals surface area contributed by atoms with E-state index in [0.717, 1.165) is 11.1 Å². The first-order valence-electron chi connectivity index (χ1n) is 11.1. The summed E-state index contributed by atoms with van der Waals surface area (Å²) in [6.07, 6.45) is 0. The Kier molecular flexibility index (Phi) is 8.59. The Morgan fingerprint density at radius 3 is 2.34 bits per heavy atom. The number of aryl methyl sites for hydroxylation is 1. The predicted molar refractivity (Wildman–Crippen MR) is 135 cm³/mol. The van der Waals surface area contributed by atoms with Crippen LogP contribution in [-0.4, -0.2) is 29.2 Å². The van der Waals surface area contributed by atoms with Gasteiger partial charge in [-0.1, -0.05) is 48.0 Å². The fraction of sp³-hybridized carbons (Fsp3) is 0.308. The van der Waals surface area contributed by atoms with Gasteiger partial charge in [0, 0.05) is 23.8 Å². The number of thiocarbonyl (C=S) groups is 1. The van der Waals surface area contributed by atoms with E-state index in [1.807, 2.05) is 37.3 Å². The summed E-state index contributed by atoms with van der Waals surface area (Å²) in [5, 5.41) is 15.3. The first-order valence-corrected chi connectivity index (χ1v) is 11.5. The van der Waals surface area contributed by atoms with Crippen LogP contribution in [0.15, 0.2) is 71.2 Å². The molecule has 0 fully saturated rings. The van der Waals surface area contributed by atoms with Crippen molar-refractivity contribution in [2.24, 2.45) is 0 Å². The molecular formula is C26H28N2O6S. The van der Waals surface area contributed by atoms with Crippen LogP contribution in [0.3, 0.4) is 0 Å². The molecule has 1 unspecified atom stereocenters. The third-order valence-electron chi connectivity index (χ3n) is 5.51. The van der Waals surface area contributed by atoms with Gasteiger partial charge in [0.15, 0.2) is 5.05 Å². The van der Waals surface area contributed by atoms with E-state index in [1.54, 1.807) is 32.0 Å². The third-order valence-corrected chi connectivity index (χ3v) is 5.85. The highest BCUT2D eigenvalue weighted by Gasteiger charge is 2.40. The number of nitrogens with one attached hydrogen (secondary N) is 1. The lowest BCUT2D eigenvalue weighted by molar-refractivity contribution is -0.431. The molecule has 0 radical (unpaired) electrons. The predicted octanol–water partition coefficient (Wildman–Crippen LogP) is 4.95. The fourth-order valence-corrected chi connectivity index (χ4v) is 4.25. The van der Waals surface area contributed by atoms with Gasteiger partial charge >= 0.3 is 5.97 Å². The molecule has 8 nitrogen and oxygen atoms in total. The van der Waals surface area contributed by atoms with Gasteiger partial charge in [-0.2, -0.15) is 0 Å². The second-order valence-electron chi connectivity index (χ2n) is 8.15. The van der Waals surface area contributed by atoms with Gasteiger partial charge in [-0.3, -0.25) is 14.9 Å². The summed E-state index contributed by atoms with van der Waals surface area (Å²) in [5.41, 5.74) is 4.21. The number of hydrogen-bond acceptors (Lipinski definition) is 8. The van der Waals surface area contributed by atoms with Crippen molar-refractivity contribution in [3.05, 3.63) is 98.0 Å². The minimum atomic E-state index is -0.818. The van der Waals surface area contributed by atoms with Crippen molar-refractivity contribution in [3.63, 3.8) is 0 Å². The Morgan fingerprint density at radius 2 is 1.69 bits per heavy atom. The number of hydrogen-bond donors (Lipinski definition) is 1. The summed E-state index contributed by atoms with van der Waals surface area (Å²) in [4.78, 5) is 22.8. The van der Waals surface area contributed by atoms with Crippen molar-refractivity contribution >= 4 is 23.2 Å². The van der Waals surface area contributed by atoms with Gasteiger partial charge in [-0.15, -0.1) is 0 Å². The fourth-order valence-electron chi connectivity index (χ4n) is 3.89. The van der Waals surface area contributed by atoms with E-state index in [9.17, 15) is 14.9 Å². The summed E-state index contributed by atoms with van der Waals surface area (Å²) in [5.74, 6) is -0.734. The van der Waals surface area contributed by atoms with Gasteiger partial charge in [-0.05, 0) is 44.6 Å². The van der Waals surface area contributed by atoms with Gasteiger partial charge < -0.3 is 19.5 Å². The Hall–Kier alpha value is -3.72. The molecular weight excluding hydrogens is 468 g/mol. The number of allylic oxidation sites excluding steroid dienone is 3. The first kappa shape index (κ1) is 25.9. The van der Waals surface area contributed by atoms with Crippen LogP contribution in [0, 0.1) is 17.0 Å². The van der Waals surface area contributed by atoms with Gasteiger partial charge in [0.05, 0.1) is 10.6 Å². The summed E-state index contributed by atoms with van der Waals surface area (Å²) < 4.78 is 16.7. The number of benzene rings is 2. The maximum Gasteiger partial charge on any atom is 0.302 e. The maximum absolute atomic E-state index is 12.2. The van der Waals surface area contributed by atoms with Gasteiger partial charge in [0.1, 0.15) is 31.5 Å². The molecule has 2 aromatic carbocycles. The molecule has 3 rings (SSSR count). The molecule has 1 heterocycles. The Balaban J connectivity index is 1.96. The number of para-hydroxylation sites is 1. The highest BCUT2D eigenvalue weighted by atomic mass is 32.1. The van der Waals surface area contributed by atoms with Crippen LogP contribution in [0.5, 0.6) is 5.75 Å². The van der Waals surface area contributed by atoms with Crippen LogP contribution in [0.1, 0.15) is 43.4 Å². The lowest BCUT2D eigenvalue weighted by Gasteiger charge is -2.29. The summed E-state index contributed by atoms with van der Waals surface area (Å²) in [6, 6.07) is 15.2. The Bertz CT molecular complexity index is 1190. The van der Waals surface area contributed by atoms with E-state index in [4.69, 9.17) is 26.4 Å². The molecule has 1 N–H and O–H groups in total. The lowest BCUT2D eigenvalue weighted by atomic mass is 9.84. The second-order valence-corrected chi connectivity index (χ2v) is 8.52. The van der Waals surface area contributed by atoms with Crippen LogP contribution in [0.4, 0.5) is 0 Å². The average molecular weight is 497 g/mol. The van der Waals surface area contributed by atoms with Crippen molar-refractivity contribution in [3.8, 4) is 5.75 Å². The van der Waals surface area contributed by atoms with Crippen molar-refractivity contribution < 1.29 is 23.9 Å². The monoisotopic (exact) mass is 496 g/mol. The number of nitro groups is 1. The highest BCUT2D eigenvalue weighted by molar-refractivity contribution is 7.80. The standard InChI is InChI=1S/C26H28N2O6S/c1-16-9-11-20(12-10-16)15-34-22-8-6-5-7-21(22)24-23(26(35)33-14-13-32-19(4)29)17(2)27-18(3)25(24)28(30)31/h5-12,24,27H,13-15H2,1-4H3. The normalized spacial score (nSPS) is 15.4. The number of ether oxygens (including phenoxy) is 3. The molecule has 0 aliphatic carbocycles. The van der Waals surface area contributed by atoms with Crippen LogP contribution in [0.2, 0.25) is 0 Å². The number of nitrogens with zero attached hydrogens (tertiary/aromatic N) is 1. The van der Waals surface area contributed by atoms with E-state index in [-0.39, 0.29) is 24.0 Å². The molecule has 184 valence electrons. The maximum atomic E-state index is 12.2. The molecule has 9 heteroatoms. The number of rotatable bonds is 9. The molecule has 35 heavy (non-hydrogen) atoms. The molecule has 1 atom stereocenters. The summed E-state index contributed by atoms with van der Waals surface area (Å²) >= 11 is 5.54. The molecule has 0 bridgehead atoms. The molecule has 1 aliphatic rings. The zero-order valence-corrected chi connectivity index (χ0v) is 20.9. The van der Waals surface area contributed by atoms with Crippen molar-refractivity contribution in [1.82, 2.24) is 5.32 Å². The van der Waals surface area contributed by atoms with Gasteiger partial charge in [0.2, 0.25) is 0 Å². The molecule has 2 aromatic rings. The number of esters is 1. The Labute approximate surface area is 209 Å². The topological polar surface area (TPSA) is 99.9 Å². The van der Waals surface area contributed by atoms with Crippen LogP contribution < -0.4 is 10.1 Å². The minimum absolute atomic E-state index is 0.0209. The largest absolute Gasteiger partial charge is 0.489 e. The van der Waals surface area contributed by atoms with Gasteiger partial charge in [-0.25, -0.2) is 0 Å². The van der Waals surface area contributed by atoms with E-state index >= 15 is 0 Å². The van der Waals surface area contributed by atoms with Gasteiger partial charge in [0.25, 0.3) is 5.70 Å². The number of dihydropyridines is 1. The lowest BCUT2D eigenvalue weighted by Crippen LogP contribution is -2.31. The summed E-state index contributed by atoms with van der Waals surface area (Å²) in [7, 11) is 0. The van der Waals surface area contributed by atoms with E-state index in [1.165, 1.54) is 6.92 Å². The Morgan fingerprint density at radius 1 is 1.03 bits per heavy atom. The molecule has 0 saturated carbocycles. The number of carbonyl (C=O) groups is 1. The third kappa shape index (κ3) is 6.45. The quantitative estimate of drug-likeness (QED) is 0.171. The van der Waals surface area contributed by atoms with Crippen LogP contribution in [-0.2, 0) is 20.9 Å². The molecule has 0 aromatic heterocycles. The molecule has 0 saturated heterocycles. The number of carbonyl (C=O) groups excluding carboxylic acids is 1. The molecule has 0 amide bonds. The minimum Gasteiger partial charge on any atom is -0.489 e. The zero-order valence-electron chi connectivity index (χ0n) is 20.1. The highest BCUT2D eigenvalue weighted by Crippen LogP contribution is 2.42. The van der Waals surface area contributed by atoms with E-state index < -0.39 is 16.8 Å². The first-order chi connectivity index (χ1) is 16.7. The van der Waals surface area contributed by atoms with Crippen molar-refractivity contribution in [2.45, 2.75) is 40.2 Å². The average Bonchev–Trinajstić information content (AvgIpc) is 2.80.